The van der Waals surface area contributed by atoms with E-state index in [1.54, 1.807) is 6.20 Å². The average molecular weight is 275 g/mol. The van der Waals surface area contributed by atoms with Crippen molar-refractivity contribution >= 4 is 23.0 Å². The highest BCUT2D eigenvalue weighted by molar-refractivity contribution is 5.89. The minimum absolute atomic E-state index is 0.132. The van der Waals surface area contributed by atoms with Gasteiger partial charge in [0.2, 0.25) is 0 Å². The molecule has 20 heavy (non-hydrogen) atoms. The largest absolute Gasteiger partial charge is 0.381 e. The van der Waals surface area contributed by atoms with Gasteiger partial charge in [-0.1, -0.05) is 6.92 Å². The van der Waals surface area contributed by atoms with E-state index in [9.17, 15) is 4.79 Å². The number of amides is 2. The molecule has 0 aromatic carbocycles. The summed E-state index contributed by atoms with van der Waals surface area (Å²) in [7, 11) is 0. The van der Waals surface area contributed by atoms with Gasteiger partial charge < -0.3 is 15.0 Å². The number of anilines is 1. The minimum atomic E-state index is -0.257. The number of ether oxygens (including phenoxy) is 1. The molecule has 3 heterocycles. The molecule has 1 fully saturated rings. The molecule has 0 aliphatic carbocycles. The van der Waals surface area contributed by atoms with E-state index >= 15 is 0 Å². The van der Waals surface area contributed by atoms with Crippen LogP contribution in [0.3, 0.4) is 0 Å². The van der Waals surface area contributed by atoms with Gasteiger partial charge in [-0.25, -0.2) is 14.8 Å². The third kappa shape index (κ3) is 2.72. The van der Waals surface area contributed by atoms with Crippen molar-refractivity contribution in [3.05, 3.63) is 18.5 Å². The van der Waals surface area contributed by atoms with Crippen LogP contribution in [-0.4, -0.2) is 40.2 Å². The van der Waals surface area contributed by atoms with Gasteiger partial charge in [0.1, 0.15) is 5.52 Å². The summed E-state index contributed by atoms with van der Waals surface area (Å²) >= 11 is 0. The summed E-state index contributed by atoms with van der Waals surface area (Å²) in [6, 6.07) is 1.69. The van der Waals surface area contributed by atoms with E-state index in [0.717, 1.165) is 11.9 Å². The maximum absolute atomic E-state index is 12.0. The van der Waals surface area contributed by atoms with Gasteiger partial charge in [-0.3, -0.25) is 5.32 Å². The van der Waals surface area contributed by atoms with Crippen LogP contribution in [0, 0.1) is 5.92 Å². The Labute approximate surface area is 116 Å². The fourth-order valence-electron chi connectivity index (χ4n) is 2.31. The Morgan fingerprint density at radius 3 is 3.30 bits per heavy atom. The van der Waals surface area contributed by atoms with Crippen molar-refractivity contribution in [1.82, 2.24) is 20.3 Å². The van der Waals surface area contributed by atoms with Crippen LogP contribution in [0.15, 0.2) is 18.5 Å². The maximum Gasteiger partial charge on any atom is 0.320 e. The molecule has 7 nitrogen and oxygen atoms in total. The number of urea groups is 1. The zero-order valence-corrected chi connectivity index (χ0v) is 11.2. The van der Waals surface area contributed by atoms with Crippen molar-refractivity contribution < 1.29 is 9.53 Å². The second-order valence-corrected chi connectivity index (χ2v) is 5.01. The molecule has 0 radical (unpaired) electrons. The Morgan fingerprint density at radius 1 is 1.55 bits per heavy atom. The molecule has 2 atom stereocenters. The van der Waals surface area contributed by atoms with E-state index < -0.39 is 0 Å². The predicted octanol–water partition coefficient (Wildman–Crippen LogP) is 1.50. The highest BCUT2D eigenvalue weighted by Crippen LogP contribution is 2.14. The first-order valence-electron chi connectivity index (χ1n) is 6.68. The quantitative estimate of drug-likeness (QED) is 0.774. The van der Waals surface area contributed by atoms with Crippen LogP contribution in [0.1, 0.15) is 13.3 Å². The minimum Gasteiger partial charge on any atom is -0.381 e. The molecule has 1 aliphatic rings. The van der Waals surface area contributed by atoms with Gasteiger partial charge in [0, 0.05) is 18.8 Å². The standard InChI is InChI=1S/C13H17N5O2/c1-8-7-20-5-3-9(8)17-13(19)18-11-6-15-12-10(16-11)2-4-14-12/h2,4,6,8-9H,3,5,7H2,1H3,(H,14,15)(H2,16,17,18,19)/t8-,9+/m0/s1. The Bertz CT molecular complexity index is 612. The highest BCUT2D eigenvalue weighted by atomic mass is 16.5. The third-order valence-corrected chi connectivity index (χ3v) is 3.46. The summed E-state index contributed by atoms with van der Waals surface area (Å²) in [6.07, 6.45) is 4.13. The first-order valence-corrected chi connectivity index (χ1v) is 6.68. The van der Waals surface area contributed by atoms with Crippen LogP contribution in [-0.2, 0) is 4.74 Å². The van der Waals surface area contributed by atoms with Crippen LogP contribution in [0.5, 0.6) is 0 Å². The number of aromatic nitrogens is 3. The van der Waals surface area contributed by atoms with Gasteiger partial charge in [-0.2, -0.15) is 0 Å². The molecule has 2 amide bonds. The fourth-order valence-corrected chi connectivity index (χ4v) is 2.31. The van der Waals surface area contributed by atoms with Gasteiger partial charge in [0.15, 0.2) is 11.5 Å². The van der Waals surface area contributed by atoms with Crippen molar-refractivity contribution in [3.8, 4) is 0 Å². The van der Waals surface area contributed by atoms with E-state index in [-0.39, 0.29) is 12.1 Å². The molecular formula is C13H17N5O2. The molecule has 1 aliphatic heterocycles. The van der Waals surface area contributed by atoms with Crippen LogP contribution >= 0.6 is 0 Å². The summed E-state index contributed by atoms with van der Waals surface area (Å²) in [6.45, 7) is 3.43. The molecule has 0 saturated carbocycles. The number of nitrogens with zero attached hydrogens (tertiary/aromatic N) is 2. The normalized spacial score (nSPS) is 22.6. The first-order chi connectivity index (χ1) is 9.72. The molecule has 3 rings (SSSR count). The lowest BCUT2D eigenvalue weighted by Gasteiger charge is -2.29. The first kappa shape index (κ1) is 12.9. The average Bonchev–Trinajstić information content (AvgIpc) is 2.89. The van der Waals surface area contributed by atoms with Gasteiger partial charge >= 0.3 is 6.03 Å². The molecule has 3 N–H and O–H groups in total. The predicted molar refractivity (Wildman–Crippen MR) is 74.4 cm³/mol. The zero-order chi connectivity index (χ0) is 13.9. The molecule has 7 heteroatoms. The summed E-state index contributed by atoms with van der Waals surface area (Å²) in [5.41, 5.74) is 1.43. The smallest absolute Gasteiger partial charge is 0.320 e. The van der Waals surface area contributed by atoms with Gasteiger partial charge in [0.25, 0.3) is 0 Å². The Kier molecular flexibility index (Phi) is 3.51. The van der Waals surface area contributed by atoms with Crippen molar-refractivity contribution in [2.75, 3.05) is 18.5 Å². The summed E-state index contributed by atoms with van der Waals surface area (Å²) in [5.74, 6) is 0.752. The van der Waals surface area contributed by atoms with Crippen LogP contribution < -0.4 is 10.6 Å². The van der Waals surface area contributed by atoms with Crippen LogP contribution in [0.4, 0.5) is 10.6 Å². The van der Waals surface area contributed by atoms with Crippen molar-refractivity contribution in [1.29, 1.82) is 0 Å². The fraction of sp³-hybridized carbons (Fsp3) is 0.462. The van der Waals surface area contributed by atoms with Gasteiger partial charge in [-0.05, 0) is 18.4 Å². The lowest BCUT2D eigenvalue weighted by Crippen LogP contribution is -2.46. The lowest BCUT2D eigenvalue weighted by molar-refractivity contribution is 0.0424. The number of fused-ring (bicyclic) bond motifs is 1. The topological polar surface area (TPSA) is 91.9 Å². The number of carbonyl (C=O) groups is 1. The van der Waals surface area contributed by atoms with E-state index in [1.807, 2.05) is 6.07 Å². The molecule has 2 aromatic heterocycles. The van der Waals surface area contributed by atoms with E-state index in [4.69, 9.17) is 4.74 Å². The maximum atomic E-state index is 12.0. The van der Waals surface area contributed by atoms with Crippen LogP contribution in [0.25, 0.3) is 11.2 Å². The number of H-pyrrole nitrogens is 1. The second-order valence-electron chi connectivity index (χ2n) is 5.01. The number of carbonyl (C=O) groups excluding carboxylic acids is 1. The highest BCUT2D eigenvalue weighted by Gasteiger charge is 2.23. The molecule has 0 spiro atoms. The van der Waals surface area contributed by atoms with Gasteiger partial charge in [0.05, 0.1) is 12.8 Å². The monoisotopic (exact) mass is 275 g/mol. The van der Waals surface area contributed by atoms with Crippen molar-refractivity contribution in [2.45, 2.75) is 19.4 Å². The number of rotatable bonds is 2. The summed E-state index contributed by atoms with van der Waals surface area (Å²) in [5, 5.41) is 5.67. The molecule has 106 valence electrons. The Hall–Kier alpha value is -2.15. The molecule has 0 unspecified atom stereocenters. The molecule has 2 aromatic rings. The summed E-state index contributed by atoms with van der Waals surface area (Å²) in [4.78, 5) is 23.4. The lowest BCUT2D eigenvalue weighted by atomic mass is 9.98. The molecule has 1 saturated heterocycles. The van der Waals surface area contributed by atoms with Crippen molar-refractivity contribution in [3.63, 3.8) is 0 Å². The van der Waals surface area contributed by atoms with Gasteiger partial charge in [-0.15, -0.1) is 0 Å². The SMILES string of the molecule is C[C@H]1COCC[C@H]1NC(=O)Nc1cnc2[nH]ccc2n1. The molecule has 0 bridgehead atoms. The van der Waals surface area contributed by atoms with E-state index in [1.165, 1.54) is 6.20 Å². The number of nitrogens with one attached hydrogen (secondary N) is 3. The number of hydrogen-bond acceptors (Lipinski definition) is 4. The number of hydrogen-bond donors (Lipinski definition) is 3. The zero-order valence-electron chi connectivity index (χ0n) is 11.2. The van der Waals surface area contributed by atoms with Crippen molar-refractivity contribution in [2.24, 2.45) is 5.92 Å². The molecular weight excluding hydrogens is 258 g/mol. The number of aromatic amines is 1. The van der Waals surface area contributed by atoms with E-state index in [2.05, 4.69) is 32.5 Å². The second kappa shape index (κ2) is 5.46. The van der Waals surface area contributed by atoms with E-state index in [0.29, 0.717) is 30.6 Å². The van der Waals surface area contributed by atoms with Crippen LogP contribution in [0.2, 0.25) is 0 Å². The summed E-state index contributed by atoms with van der Waals surface area (Å²) < 4.78 is 5.35. The Morgan fingerprint density at radius 2 is 2.45 bits per heavy atom. The third-order valence-electron chi connectivity index (χ3n) is 3.46. The Balaban J connectivity index is 1.63.